The van der Waals surface area contributed by atoms with Crippen LogP contribution in [0.3, 0.4) is 0 Å². The minimum absolute atomic E-state index is 0.0168. The van der Waals surface area contributed by atoms with Crippen LogP contribution < -0.4 is 0 Å². The summed E-state index contributed by atoms with van der Waals surface area (Å²) < 4.78 is 11.3. The van der Waals surface area contributed by atoms with Gasteiger partial charge in [-0.05, 0) is 12.8 Å². The molecule has 1 saturated carbocycles. The molecule has 0 amide bonds. The minimum atomic E-state index is 0.0168. The highest BCUT2D eigenvalue weighted by Gasteiger charge is 2.36. The van der Waals surface area contributed by atoms with Crippen molar-refractivity contribution in [1.29, 1.82) is 0 Å². The van der Waals surface area contributed by atoms with Gasteiger partial charge in [0.15, 0.2) is 6.29 Å². The lowest BCUT2D eigenvalue weighted by Crippen LogP contribution is -2.25. The number of hydrogen-bond acceptors (Lipinski definition) is 2. The molecule has 0 aromatic rings. The molecule has 11 heavy (non-hydrogen) atoms. The first-order chi connectivity index (χ1) is 5.40. The van der Waals surface area contributed by atoms with Crippen LogP contribution in [-0.2, 0) is 9.47 Å². The summed E-state index contributed by atoms with van der Waals surface area (Å²) in [4.78, 5) is 0. The van der Waals surface area contributed by atoms with Gasteiger partial charge in [0.25, 0.3) is 0 Å². The minimum Gasteiger partial charge on any atom is -0.346 e. The largest absolute Gasteiger partial charge is 0.346 e. The van der Waals surface area contributed by atoms with Gasteiger partial charge in [-0.3, -0.25) is 0 Å². The summed E-state index contributed by atoms with van der Waals surface area (Å²) in [6.07, 6.45) is 5.79. The average molecular weight is 221 g/mol. The van der Waals surface area contributed by atoms with Crippen molar-refractivity contribution < 1.29 is 9.47 Å². The lowest BCUT2D eigenvalue weighted by atomic mass is 9.95. The third kappa shape index (κ3) is 1.60. The average Bonchev–Trinajstić information content (AvgIpc) is 2.46. The van der Waals surface area contributed by atoms with E-state index in [1.54, 1.807) is 0 Å². The maximum absolute atomic E-state index is 5.65. The van der Waals surface area contributed by atoms with Crippen LogP contribution >= 0.6 is 15.9 Å². The van der Waals surface area contributed by atoms with Gasteiger partial charge in [0.1, 0.15) is 0 Å². The molecule has 0 aromatic carbocycles. The molecule has 2 nitrogen and oxygen atoms in total. The third-order valence-electron chi connectivity index (χ3n) is 2.42. The van der Waals surface area contributed by atoms with Gasteiger partial charge >= 0.3 is 0 Å². The molecular formula is C8H13BrO2. The van der Waals surface area contributed by atoms with Crippen molar-refractivity contribution in [1.82, 2.24) is 0 Å². The second kappa shape index (κ2) is 3.42. The van der Waals surface area contributed by atoms with Crippen LogP contribution in [0.5, 0.6) is 0 Å². The maximum atomic E-state index is 5.65. The van der Waals surface area contributed by atoms with Gasteiger partial charge in [-0.25, -0.2) is 0 Å². The number of rotatable bonds is 1. The Balaban J connectivity index is 1.92. The van der Waals surface area contributed by atoms with E-state index in [0.29, 0.717) is 12.2 Å². The summed E-state index contributed by atoms with van der Waals surface area (Å²) in [6.45, 7) is 0. The molecule has 0 N–H and O–H groups in total. The van der Waals surface area contributed by atoms with Crippen molar-refractivity contribution >= 4 is 15.9 Å². The van der Waals surface area contributed by atoms with Crippen molar-refractivity contribution in [2.24, 2.45) is 0 Å². The predicted molar refractivity (Wildman–Crippen MR) is 45.8 cm³/mol. The molecule has 64 valence electrons. The van der Waals surface area contributed by atoms with E-state index in [1.807, 2.05) is 0 Å². The molecule has 3 heteroatoms. The van der Waals surface area contributed by atoms with Gasteiger partial charge in [0.05, 0.1) is 17.5 Å². The molecule has 2 atom stereocenters. The zero-order valence-corrected chi connectivity index (χ0v) is 8.05. The topological polar surface area (TPSA) is 18.5 Å². The second-order valence-corrected chi connectivity index (χ2v) is 3.86. The van der Waals surface area contributed by atoms with Crippen LogP contribution in [0.15, 0.2) is 0 Å². The fraction of sp³-hybridized carbons (Fsp3) is 1.00. The SMILES string of the molecule is BrCC1OC2CCCCC2O1. The Morgan fingerprint density at radius 1 is 1.09 bits per heavy atom. The second-order valence-electron chi connectivity index (χ2n) is 3.22. The highest BCUT2D eigenvalue weighted by Crippen LogP contribution is 2.31. The molecule has 2 aliphatic rings. The first-order valence-corrected chi connectivity index (χ1v) is 5.39. The molecule has 2 rings (SSSR count). The lowest BCUT2D eigenvalue weighted by molar-refractivity contribution is -0.0452. The fourth-order valence-corrected chi connectivity index (χ4v) is 2.17. The third-order valence-corrected chi connectivity index (χ3v) is 2.95. The van der Waals surface area contributed by atoms with Crippen molar-refractivity contribution in [3.8, 4) is 0 Å². The first kappa shape index (κ1) is 8.02. The van der Waals surface area contributed by atoms with Crippen molar-refractivity contribution in [3.05, 3.63) is 0 Å². The van der Waals surface area contributed by atoms with Gasteiger partial charge < -0.3 is 9.47 Å². The van der Waals surface area contributed by atoms with E-state index in [0.717, 1.165) is 5.33 Å². The number of alkyl halides is 1. The van der Waals surface area contributed by atoms with E-state index in [4.69, 9.17) is 9.47 Å². The van der Waals surface area contributed by atoms with Gasteiger partial charge in [-0.2, -0.15) is 0 Å². The Morgan fingerprint density at radius 2 is 1.64 bits per heavy atom. The van der Waals surface area contributed by atoms with E-state index in [2.05, 4.69) is 15.9 Å². The van der Waals surface area contributed by atoms with Crippen LogP contribution in [0.25, 0.3) is 0 Å². The Kier molecular flexibility index (Phi) is 2.49. The Morgan fingerprint density at radius 3 is 2.09 bits per heavy atom. The summed E-state index contributed by atoms with van der Waals surface area (Å²) in [5, 5.41) is 0.806. The summed E-state index contributed by atoms with van der Waals surface area (Å²) in [5.41, 5.74) is 0. The molecule has 1 aliphatic heterocycles. The van der Waals surface area contributed by atoms with Crippen LogP contribution in [0.4, 0.5) is 0 Å². The molecule has 1 heterocycles. The number of fused-ring (bicyclic) bond motifs is 1. The molecule has 0 spiro atoms. The molecule has 0 bridgehead atoms. The zero-order chi connectivity index (χ0) is 7.68. The molecule has 1 saturated heterocycles. The van der Waals surface area contributed by atoms with Crippen LogP contribution in [0.2, 0.25) is 0 Å². The summed E-state index contributed by atoms with van der Waals surface area (Å²) >= 11 is 3.36. The van der Waals surface area contributed by atoms with Crippen molar-refractivity contribution in [2.45, 2.75) is 44.2 Å². The van der Waals surface area contributed by atoms with Gasteiger partial charge in [0.2, 0.25) is 0 Å². The monoisotopic (exact) mass is 220 g/mol. The predicted octanol–water partition coefficient (Wildman–Crippen LogP) is 2.07. The Hall–Kier alpha value is 0.400. The lowest BCUT2D eigenvalue weighted by Gasteiger charge is -2.21. The van der Waals surface area contributed by atoms with Crippen molar-refractivity contribution in [2.75, 3.05) is 5.33 Å². The fourth-order valence-electron chi connectivity index (χ4n) is 1.87. The molecule has 2 unspecified atom stereocenters. The summed E-state index contributed by atoms with van der Waals surface area (Å²) in [6, 6.07) is 0. The van der Waals surface area contributed by atoms with E-state index in [-0.39, 0.29) is 6.29 Å². The number of halogens is 1. The molecule has 0 radical (unpaired) electrons. The summed E-state index contributed by atoms with van der Waals surface area (Å²) in [7, 11) is 0. The summed E-state index contributed by atoms with van der Waals surface area (Å²) in [5.74, 6) is 0. The van der Waals surface area contributed by atoms with E-state index >= 15 is 0 Å². The normalized spacial score (nSPS) is 43.9. The van der Waals surface area contributed by atoms with Crippen molar-refractivity contribution in [3.63, 3.8) is 0 Å². The standard InChI is InChI=1S/C8H13BrO2/c9-5-8-10-6-3-1-2-4-7(6)11-8/h6-8H,1-5H2. The van der Waals surface area contributed by atoms with Gasteiger partial charge in [0, 0.05) is 0 Å². The molecule has 2 fully saturated rings. The maximum Gasteiger partial charge on any atom is 0.168 e. The highest BCUT2D eigenvalue weighted by molar-refractivity contribution is 9.09. The van der Waals surface area contributed by atoms with Gasteiger partial charge in [-0.15, -0.1) is 0 Å². The Labute approximate surface area is 75.4 Å². The first-order valence-electron chi connectivity index (χ1n) is 4.27. The van der Waals surface area contributed by atoms with Crippen LogP contribution in [0.1, 0.15) is 25.7 Å². The smallest absolute Gasteiger partial charge is 0.168 e. The molecule has 0 aromatic heterocycles. The highest BCUT2D eigenvalue weighted by atomic mass is 79.9. The number of hydrogen-bond donors (Lipinski definition) is 0. The number of ether oxygens (including phenoxy) is 2. The zero-order valence-electron chi connectivity index (χ0n) is 6.46. The van der Waals surface area contributed by atoms with Crippen LogP contribution in [-0.4, -0.2) is 23.8 Å². The van der Waals surface area contributed by atoms with E-state index in [1.165, 1.54) is 25.7 Å². The van der Waals surface area contributed by atoms with Crippen LogP contribution in [0, 0.1) is 0 Å². The quantitative estimate of drug-likeness (QED) is 0.631. The molecular weight excluding hydrogens is 208 g/mol. The van der Waals surface area contributed by atoms with E-state index in [9.17, 15) is 0 Å². The Bertz CT molecular complexity index is 126. The molecule has 1 aliphatic carbocycles. The van der Waals surface area contributed by atoms with Gasteiger partial charge in [-0.1, -0.05) is 28.8 Å². The van der Waals surface area contributed by atoms with E-state index < -0.39 is 0 Å².